The molecule has 3 heterocycles. The predicted octanol–water partition coefficient (Wildman–Crippen LogP) is 3.00. The van der Waals surface area contributed by atoms with Crippen molar-refractivity contribution in [3.8, 4) is 0 Å². The zero-order valence-corrected chi connectivity index (χ0v) is 15.3. The minimum absolute atomic E-state index is 0.162. The van der Waals surface area contributed by atoms with E-state index in [2.05, 4.69) is 65.5 Å². The summed E-state index contributed by atoms with van der Waals surface area (Å²) in [7, 11) is 0. The Kier molecular flexibility index (Phi) is 4.46. The van der Waals surface area contributed by atoms with Gasteiger partial charge in [0.2, 0.25) is 0 Å². The summed E-state index contributed by atoms with van der Waals surface area (Å²) in [6, 6.07) is 9.31. The molecule has 1 aromatic carbocycles. The molecular weight excluding hydrogens is 314 g/mol. The van der Waals surface area contributed by atoms with Crippen LogP contribution in [0.4, 0.5) is 5.69 Å². The molecule has 0 spiro atoms. The molecule has 1 fully saturated rings. The topological polar surface area (TPSA) is 56.1 Å². The summed E-state index contributed by atoms with van der Waals surface area (Å²) < 4.78 is 7.76. The lowest BCUT2D eigenvalue weighted by Gasteiger charge is -2.36. The first kappa shape index (κ1) is 16.5. The fraction of sp³-hybridized carbons (Fsp3) is 0.632. The second-order valence-corrected chi connectivity index (χ2v) is 7.63. The van der Waals surface area contributed by atoms with Gasteiger partial charge in [-0.25, -0.2) is 4.68 Å². The lowest BCUT2D eigenvalue weighted by atomic mass is 10.00. The van der Waals surface area contributed by atoms with Crippen molar-refractivity contribution in [2.45, 2.75) is 64.8 Å². The molecule has 4 rings (SSSR count). The normalized spacial score (nSPS) is 24.1. The lowest BCUT2D eigenvalue weighted by molar-refractivity contribution is 0.0919. The highest BCUT2D eigenvalue weighted by Crippen LogP contribution is 2.41. The summed E-state index contributed by atoms with van der Waals surface area (Å²) in [5.74, 6) is 1.36. The van der Waals surface area contributed by atoms with Gasteiger partial charge in [-0.2, -0.15) is 0 Å². The number of hydrogen-bond acceptors (Lipinski definition) is 5. The molecule has 0 saturated carbocycles. The van der Waals surface area contributed by atoms with Crippen molar-refractivity contribution in [2.75, 3.05) is 11.5 Å². The van der Waals surface area contributed by atoms with Crippen LogP contribution >= 0.6 is 0 Å². The largest absolute Gasteiger partial charge is 0.376 e. The number of aromatic nitrogens is 4. The van der Waals surface area contributed by atoms with Crippen LogP contribution < -0.4 is 4.90 Å². The molecule has 3 unspecified atom stereocenters. The van der Waals surface area contributed by atoms with Crippen LogP contribution in [0.1, 0.15) is 51.0 Å². The van der Waals surface area contributed by atoms with E-state index >= 15 is 0 Å². The van der Waals surface area contributed by atoms with Gasteiger partial charge in [0, 0.05) is 18.3 Å². The molecule has 0 bridgehead atoms. The van der Waals surface area contributed by atoms with E-state index in [0.29, 0.717) is 12.0 Å². The summed E-state index contributed by atoms with van der Waals surface area (Å²) in [6.07, 6.45) is 3.53. The fourth-order valence-electron chi connectivity index (χ4n) is 4.29. The Bertz CT molecular complexity index is 722. The van der Waals surface area contributed by atoms with Gasteiger partial charge in [0.1, 0.15) is 0 Å². The Labute approximate surface area is 149 Å². The maximum Gasteiger partial charge on any atom is 0.174 e. The number of benzene rings is 1. The van der Waals surface area contributed by atoms with Crippen molar-refractivity contribution >= 4 is 5.69 Å². The number of para-hydroxylation sites is 1. The molecule has 134 valence electrons. The highest BCUT2D eigenvalue weighted by atomic mass is 16.5. The van der Waals surface area contributed by atoms with Crippen molar-refractivity contribution in [3.05, 3.63) is 35.7 Å². The number of nitrogens with zero attached hydrogens (tertiary/aromatic N) is 5. The number of tetrazole rings is 1. The Hall–Kier alpha value is -1.95. The minimum Gasteiger partial charge on any atom is -0.376 e. The second-order valence-electron chi connectivity index (χ2n) is 7.63. The molecule has 25 heavy (non-hydrogen) atoms. The molecular formula is C19H27N5O. The van der Waals surface area contributed by atoms with Gasteiger partial charge < -0.3 is 9.64 Å². The smallest absolute Gasteiger partial charge is 0.174 e. The molecule has 3 atom stereocenters. The predicted molar refractivity (Wildman–Crippen MR) is 96.5 cm³/mol. The van der Waals surface area contributed by atoms with E-state index in [-0.39, 0.29) is 12.1 Å². The number of anilines is 1. The monoisotopic (exact) mass is 341 g/mol. The number of ether oxygens (including phenoxy) is 1. The molecule has 0 N–H and O–H groups in total. The number of rotatable bonds is 5. The lowest BCUT2D eigenvalue weighted by Crippen LogP contribution is -2.38. The fourth-order valence-corrected chi connectivity index (χ4v) is 4.29. The van der Waals surface area contributed by atoms with E-state index in [1.807, 2.05) is 4.68 Å². The standard InChI is InChI=1S/C19H27N5O/c1-13(2)18(24-14(3)11-15-7-4-5-9-17(15)24)19-20-21-22-23(19)12-16-8-6-10-25-16/h4-5,7,9,13-14,16,18H,6,8,10-12H2,1-3H3. The van der Waals surface area contributed by atoms with Gasteiger partial charge in [0.05, 0.1) is 18.7 Å². The van der Waals surface area contributed by atoms with Gasteiger partial charge in [-0.1, -0.05) is 32.0 Å². The average molecular weight is 341 g/mol. The van der Waals surface area contributed by atoms with Gasteiger partial charge in [0.15, 0.2) is 5.82 Å². The Morgan fingerprint density at radius 2 is 2.12 bits per heavy atom. The van der Waals surface area contributed by atoms with Crippen molar-refractivity contribution in [3.63, 3.8) is 0 Å². The Morgan fingerprint density at radius 3 is 2.88 bits per heavy atom. The molecule has 0 amide bonds. The van der Waals surface area contributed by atoms with Gasteiger partial charge >= 0.3 is 0 Å². The third kappa shape index (κ3) is 3.03. The third-order valence-electron chi connectivity index (χ3n) is 5.42. The highest BCUT2D eigenvalue weighted by Gasteiger charge is 2.37. The summed E-state index contributed by atoms with van der Waals surface area (Å²) in [5.41, 5.74) is 2.74. The van der Waals surface area contributed by atoms with Gasteiger partial charge in [-0.3, -0.25) is 0 Å². The summed E-state index contributed by atoms with van der Waals surface area (Å²) in [6.45, 7) is 8.40. The highest BCUT2D eigenvalue weighted by molar-refractivity contribution is 5.60. The number of hydrogen-bond donors (Lipinski definition) is 0. The van der Waals surface area contributed by atoms with Gasteiger partial charge in [0.25, 0.3) is 0 Å². The first-order chi connectivity index (χ1) is 12.1. The van der Waals surface area contributed by atoms with Crippen LogP contribution in [0, 0.1) is 5.92 Å². The van der Waals surface area contributed by atoms with Crippen LogP contribution in [0.3, 0.4) is 0 Å². The van der Waals surface area contributed by atoms with Crippen molar-refractivity contribution in [2.24, 2.45) is 5.92 Å². The molecule has 6 nitrogen and oxygen atoms in total. The van der Waals surface area contributed by atoms with E-state index < -0.39 is 0 Å². The third-order valence-corrected chi connectivity index (χ3v) is 5.42. The average Bonchev–Trinajstić information content (AvgIpc) is 3.31. The van der Waals surface area contributed by atoms with Crippen LogP contribution in [0.2, 0.25) is 0 Å². The summed E-state index contributed by atoms with van der Waals surface area (Å²) in [5, 5.41) is 12.7. The Balaban J connectivity index is 1.68. The van der Waals surface area contributed by atoms with Gasteiger partial charge in [-0.15, -0.1) is 5.10 Å². The number of fused-ring (bicyclic) bond motifs is 1. The van der Waals surface area contributed by atoms with Crippen LogP contribution in [0.25, 0.3) is 0 Å². The Morgan fingerprint density at radius 1 is 1.28 bits per heavy atom. The van der Waals surface area contributed by atoms with Gasteiger partial charge in [-0.05, 0) is 54.2 Å². The zero-order valence-electron chi connectivity index (χ0n) is 15.3. The van der Waals surface area contributed by atoms with Crippen molar-refractivity contribution in [1.29, 1.82) is 0 Å². The molecule has 2 aliphatic rings. The van der Waals surface area contributed by atoms with Crippen molar-refractivity contribution in [1.82, 2.24) is 20.2 Å². The molecule has 0 radical (unpaired) electrons. The van der Waals surface area contributed by atoms with E-state index in [1.54, 1.807) is 0 Å². The quantitative estimate of drug-likeness (QED) is 0.837. The second kappa shape index (κ2) is 6.75. The summed E-state index contributed by atoms with van der Waals surface area (Å²) in [4.78, 5) is 2.51. The first-order valence-corrected chi connectivity index (χ1v) is 9.39. The maximum atomic E-state index is 5.79. The van der Waals surface area contributed by atoms with E-state index in [4.69, 9.17) is 4.74 Å². The molecule has 1 saturated heterocycles. The van der Waals surface area contributed by atoms with Crippen LogP contribution in [-0.2, 0) is 17.7 Å². The van der Waals surface area contributed by atoms with Crippen LogP contribution in [-0.4, -0.2) is 39.0 Å². The van der Waals surface area contributed by atoms with Crippen molar-refractivity contribution < 1.29 is 4.74 Å². The molecule has 2 aliphatic heterocycles. The molecule has 6 heteroatoms. The zero-order chi connectivity index (χ0) is 17.4. The minimum atomic E-state index is 0.162. The van der Waals surface area contributed by atoms with E-state index in [9.17, 15) is 0 Å². The summed E-state index contributed by atoms with van der Waals surface area (Å²) >= 11 is 0. The van der Waals surface area contributed by atoms with Crippen LogP contribution in [0.15, 0.2) is 24.3 Å². The molecule has 1 aromatic heterocycles. The molecule has 2 aromatic rings. The van der Waals surface area contributed by atoms with E-state index in [1.165, 1.54) is 11.3 Å². The van der Waals surface area contributed by atoms with Crippen LogP contribution in [0.5, 0.6) is 0 Å². The maximum absolute atomic E-state index is 5.79. The molecule has 0 aliphatic carbocycles. The van der Waals surface area contributed by atoms with E-state index in [0.717, 1.165) is 38.2 Å². The first-order valence-electron chi connectivity index (χ1n) is 9.39. The SMILES string of the molecule is CC(C)C(c1nnnn1CC1CCCO1)N1c2ccccc2CC1C.